The molecular weight excluding hydrogens is 314 g/mol. The van der Waals surface area contributed by atoms with Crippen molar-refractivity contribution in [2.24, 2.45) is 11.8 Å². The zero-order valence-corrected chi connectivity index (χ0v) is 14.4. The molecule has 1 saturated carbocycles. The first-order chi connectivity index (χ1) is 12.2. The van der Waals surface area contributed by atoms with Gasteiger partial charge in [0.1, 0.15) is 12.4 Å². The van der Waals surface area contributed by atoms with Gasteiger partial charge < -0.3 is 14.4 Å². The van der Waals surface area contributed by atoms with Gasteiger partial charge in [-0.1, -0.05) is 42.5 Å². The Labute approximate surface area is 148 Å². The van der Waals surface area contributed by atoms with Crippen molar-refractivity contribution in [2.75, 3.05) is 20.2 Å². The van der Waals surface area contributed by atoms with Crippen LogP contribution in [-0.2, 0) is 11.3 Å². The van der Waals surface area contributed by atoms with Crippen molar-refractivity contribution in [1.29, 1.82) is 0 Å². The molecule has 25 heavy (non-hydrogen) atoms. The fourth-order valence-electron chi connectivity index (χ4n) is 4.12. The lowest BCUT2D eigenvalue weighted by atomic mass is 9.64. The van der Waals surface area contributed by atoms with Crippen molar-refractivity contribution in [1.82, 2.24) is 4.90 Å². The van der Waals surface area contributed by atoms with Crippen LogP contribution in [0.3, 0.4) is 0 Å². The van der Waals surface area contributed by atoms with Crippen LogP contribution < -0.4 is 4.74 Å². The van der Waals surface area contributed by atoms with E-state index >= 15 is 0 Å². The van der Waals surface area contributed by atoms with Crippen molar-refractivity contribution < 1.29 is 14.3 Å². The van der Waals surface area contributed by atoms with Crippen molar-refractivity contribution in [3.8, 4) is 5.75 Å². The maximum absolute atomic E-state index is 12.4. The second kappa shape index (κ2) is 6.79. The number of nitrogens with zero attached hydrogens (tertiary/aromatic N) is 1. The molecule has 2 fully saturated rings. The number of fused-ring (bicyclic) bond motifs is 1. The monoisotopic (exact) mass is 337 g/mol. The minimum atomic E-state index is -0.192. The van der Waals surface area contributed by atoms with E-state index in [0.29, 0.717) is 24.4 Å². The number of carbonyl (C=O) groups is 1. The van der Waals surface area contributed by atoms with Gasteiger partial charge in [-0.15, -0.1) is 0 Å². The highest BCUT2D eigenvalue weighted by Crippen LogP contribution is 2.51. The molecule has 130 valence electrons. The second-order valence-electron chi connectivity index (χ2n) is 6.99. The summed E-state index contributed by atoms with van der Waals surface area (Å²) in [5, 5.41) is 0. The van der Waals surface area contributed by atoms with E-state index in [0.717, 1.165) is 30.8 Å². The highest BCUT2D eigenvalue weighted by Gasteiger charge is 2.49. The van der Waals surface area contributed by atoms with Gasteiger partial charge >= 0.3 is 6.09 Å². The van der Waals surface area contributed by atoms with Crippen LogP contribution in [0, 0.1) is 11.8 Å². The summed E-state index contributed by atoms with van der Waals surface area (Å²) in [6.45, 7) is 1.95. The standard InChI is InChI=1S/C21H23NO3/c1-24-18-9-5-8-16(10-18)19-11-17-12-22(13-20(17)19)21(23)25-14-15-6-3-2-4-7-15/h2-10,17,19-20H,11-14H2,1H3/t17-,19-,20+/m1/s1. The topological polar surface area (TPSA) is 38.8 Å². The summed E-state index contributed by atoms with van der Waals surface area (Å²) < 4.78 is 10.8. The minimum Gasteiger partial charge on any atom is -0.497 e. The summed E-state index contributed by atoms with van der Waals surface area (Å²) in [7, 11) is 1.70. The van der Waals surface area contributed by atoms with Crippen LogP contribution in [0.5, 0.6) is 5.75 Å². The molecule has 0 bridgehead atoms. The first-order valence-corrected chi connectivity index (χ1v) is 8.84. The molecule has 2 aromatic carbocycles. The molecule has 4 heteroatoms. The number of carbonyl (C=O) groups excluding carboxylic acids is 1. The second-order valence-corrected chi connectivity index (χ2v) is 6.99. The van der Waals surface area contributed by atoms with Crippen LogP contribution in [0.15, 0.2) is 54.6 Å². The Morgan fingerprint density at radius 1 is 1.12 bits per heavy atom. The number of hydrogen-bond acceptors (Lipinski definition) is 3. The predicted octanol–water partition coefficient (Wildman–Crippen LogP) is 4.07. The van der Waals surface area contributed by atoms with Crippen LogP contribution in [0.2, 0.25) is 0 Å². The zero-order chi connectivity index (χ0) is 17.2. The Balaban J connectivity index is 1.34. The number of hydrogen-bond donors (Lipinski definition) is 0. The maximum atomic E-state index is 12.4. The Morgan fingerprint density at radius 3 is 2.76 bits per heavy atom. The molecule has 0 aromatic heterocycles. The summed E-state index contributed by atoms with van der Waals surface area (Å²) in [5.41, 5.74) is 2.34. The van der Waals surface area contributed by atoms with Gasteiger partial charge in [0.05, 0.1) is 7.11 Å². The van der Waals surface area contributed by atoms with E-state index in [9.17, 15) is 4.79 Å². The van der Waals surface area contributed by atoms with Gasteiger partial charge in [-0.3, -0.25) is 0 Å². The molecule has 1 aliphatic heterocycles. The Hall–Kier alpha value is -2.49. The summed E-state index contributed by atoms with van der Waals surface area (Å²) in [6, 6.07) is 18.1. The van der Waals surface area contributed by atoms with Gasteiger partial charge in [-0.2, -0.15) is 0 Å². The van der Waals surface area contributed by atoms with E-state index in [1.807, 2.05) is 47.4 Å². The number of benzene rings is 2. The summed E-state index contributed by atoms with van der Waals surface area (Å²) in [5.74, 6) is 2.56. The molecule has 2 aliphatic rings. The fraction of sp³-hybridized carbons (Fsp3) is 0.381. The molecule has 0 unspecified atom stereocenters. The van der Waals surface area contributed by atoms with Gasteiger partial charge in [-0.25, -0.2) is 4.79 Å². The van der Waals surface area contributed by atoms with Crippen LogP contribution in [0.25, 0.3) is 0 Å². The highest BCUT2D eigenvalue weighted by atomic mass is 16.6. The van der Waals surface area contributed by atoms with E-state index in [-0.39, 0.29) is 6.09 Å². The number of rotatable bonds is 4. The third-order valence-electron chi connectivity index (χ3n) is 5.55. The van der Waals surface area contributed by atoms with E-state index in [2.05, 4.69) is 12.1 Å². The van der Waals surface area contributed by atoms with E-state index in [1.165, 1.54) is 5.56 Å². The third kappa shape index (κ3) is 3.21. The number of likely N-dealkylation sites (tertiary alicyclic amines) is 1. The quantitative estimate of drug-likeness (QED) is 0.844. The molecule has 0 radical (unpaired) electrons. The number of ether oxygens (including phenoxy) is 2. The van der Waals surface area contributed by atoms with Crippen molar-refractivity contribution in [2.45, 2.75) is 18.9 Å². The van der Waals surface area contributed by atoms with Gasteiger partial charge in [0.25, 0.3) is 0 Å². The molecule has 1 heterocycles. The maximum Gasteiger partial charge on any atom is 0.410 e. The minimum absolute atomic E-state index is 0.192. The summed E-state index contributed by atoms with van der Waals surface area (Å²) in [6.07, 6.45) is 0.947. The molecule has 2 aromatic rings. The zero-order valence-electron chi connectivity index (χ0n) is 14.4. The van der Waals surface area contributed by atoms with Crippen LogP contribution in [-0.4, -0.2) is 31.2 Å². The van der Waals surface area contributed by atoms with Gasteiger partial charge in [-0.05, 0) is 47.4 Å². The SMILES string of the molecule is COc1cccc([C@H]2C[C@@H]3CN(C(=O)OCc4ccccc4)C[C@@H]32)c1. The largest absolute Gasteiger partial charge is 0.497 e. The van der Waals surface area contributed by atoms with Crippen molar-refractivity contribution in [3.05, 3.63) is 65.7 Å². The third-order valence-corrected chi connectivity index (χ3v) is 5.55. The van der Waals surface area contributed by atoms with Gasteiger partial charge in [0.2, 0.25) is 0 Å². The van der Waals surface area contributed by atoms with Crippen molar-refractivity contribution in [3.63, 3.8) is 0 Å². The van der Waals surface area contributed by atoms with Gasteiger partial charge in [0.15, 0.2) is 0 Å². The molecule has 0 spiro atoms. The lowest BCUT2D eigenvalue weighted by Crippen LogP contribution is -2.33. The molecule has 4 nitrogen and oxygen atoms in total. The predicted molar refractivity (Wildman–Crippen MR) is 95.5 cm³/mol. The molecule has 1 saturated heterocycles. The molecular formula is C21H23NO3. The summed E-state index contributed by atoms with van der Waals surface area (Å²) >= 11 is 0. The molecule has 4 rings (SSSR count). The Bertz CT molecular complexity index is 746. The van der Waals surface area contributed by atoms with E-state index in [4.69, 9.17) is 9.47 Å². The highest BCUT2D eigenvalue weighted by molar-refractivity contribution is 5.68. The van der Waals surface area contributed by atoms with Crippen LogP contribution in [0.1, 0.15) is 23.5 Å². The Morgan fingerprint density at radius 2 is 1.96 bits per heavy atom. The van der Waals surface area contributed by atoms with E-state index in [1.54, 1.807) is 7.11 Å². The van der Waals surface area contributed by atoms with E-state index < -0.39 is 0 Å². The first kappa shape index (κ1) is 16.0. The number of methoxy groups -OCH3 is 1. The summed E-state index contributed by atoms with van der Waals surface area (Å²) in [4.78, 5) is 14.2. The van der Waals surface area contributed by atoms with Crippen LogP contribution in [0.4, 0.5) is 4.79 Å². The average molecular weight is 337 g/mol. The van der Waals surface area contributed by atoms with Crippen LogP contribution >= 0.6 is 0 Å². The molecule has 0 N–H and O–H groups in total. The lowest BCUT2D eigenvalue weighted by molar-refractivity contribution is 0.103. The average Bonchev–Trinajstić information content (AvgIpc) is 2.98. The fourth-order valence-corrected chi connectivity index (χ4v) is 4.12. The smallest absolute Gasteiger partial charge is 0.410 e. The van der Waals surface area contributed by atoms with Gasteiger partial charge in [0, 0.05) is 13.1 Å². The van der Waals surface area contributed by atoms with Crippen molar-refractivity contribution >= 4 is 6.09 Å². The first-order valence-electron chi connectivity index (χ1n) is 8.84. The molecule has 1 amide bonds. The Kier molecular flexibility index (Phi) is 4.35. The normalized spacial score (nSPS) is 24.4. The molecule has 3 atom stereocenters. The molecule has 1 aliphatic carbocycles. The lowest BCUT2D eigenvalue weighted by Gasteiger charge is -2.39. The number of amides is 1.